The van der Waals surface area contributed by atoms with E-state index in [9.17, 15) is 30.4 Å². The molecule has 11 heteroatoms. The highest BCUT2D eigenvalue weighted by atomic mass is 35.5. The van der Waals surface area contributed by atoms with Crippen LogP contribution in [0, 0.1) is 29.1 Å². The van der Waals surface area contributed by atoms with Crippen molar-refractivity contribution in [1.29, 1.82) is 0 Å². The van der Waals surface area contributed by atoms with Crippen LogP contribution in [0.3, 0.4) is 0 Å². The molecule has 0 amide bonds. The van der Waals surface area contributed by atoms with E-state index < -0.39 is 60.2 Å². The van der Waals surface area contributed by atoms with Crippen LogP contribution in [-0.4, -0.2) is 15.5 Å². The summed E-state index contributed by atoms with van der Waals surface area (Å²) < 4.78 is 91.7. The van der Waals surface area contributed by atoms with E-state index in [2.05, 4.69) is 4.84 Å². The van der Waals surface area contributed by atoms with Gasteiger partial charge in [0, 0.05) is 11.6 Å². The lowest BCUT2D eigenvalue weighted by Crippen LogP contribution is -2.22. The van der Waals surface area contributed by atoms with E-state index >= 15 is 0 Å². The number of hydrogen-bond acceptors (Lipinski definition) is 3. The lowest BCUT2D eigenvalue weighted by Gasteiger charge is -2.12. The molecular formula is C13H7ClF5NO3S. The Morgan fingerprint density at radius 2 is 1.58 bits per heavy atom. The molecule has 24 heavy (non-hydrogen) atoms. The quantitative estimate of drug-likeness (QED) is 0.378. The van der Waals surface area contributed by atoms with Crippen molar-refractivity contribution in [3.63, 3.8) is 0 Å². The van der Waals surface area contributed by atoms with Crippen LogP contribution in [0.5, 0.6) is 0 Å². The first-order valence-corrected chi connectivity index (χ1v) is 7.83. The number of rotatable bonds is 4. The summed E-state index contributed by atoms with van der Waals surface area (Å²) >= 11 is 5.61. The molecular weight excluding hydrogens is 381 g/mol. The van der Waals surface area contributed by atoms with Crippen molar-refractivity contribution in [2.24, 2.45) is 0 Å². The van der Waals surface area contributed by atoms with Crippen LogP contribution >= 0.6 is 11.6 Å². The highest BCUT2D eigenvalue weighted by Crippen LogP contribution is 2.35. The number of hydrogen-bond donors (Lipinski definition) is 1. The molecule has 0 heterocycles. The van der Waals surface area contributed by atoms with E-state index in [1.54, 1.807) is 4.89 Å². The van der Waals surface area contributed by atoms with E-state index in [1.165, 1.54) is 0 Å². The van der Waals surface area contributed by atoms with Crippen molar-refractivity contribution >= 4 is 21.6 Å². The molecule has 2 rings (SSSR count). The molecule has 0 bridgehead atoms. The minimum atomic E-state index is -4.42. The molecule has 0 aliphatic heterocycles. The zero-order valence-corrected chi connectivity index (χ0v) is 13.2. The molecule has 0 atom stereocenters. The van der Waals surface area contributed by atoms with Gasteiger partial charge in [0.2, 0.25) is 0 Å². The van der Waals surface area contributed by atoms with Gasteiger partial charge < -0.3 is 0 Å². The van der Waals surface area contributed by atoms with Gasteiger partial charge in [-0.2, -0.15) is 0 Å². The van der Waals surface area contributed by atoms with Crippen molar-refractivity contribution in [2.75, 3.05) is 7.11 Å². The zero-order valence-electron chi connectivity index (χ0n) is 11.6. The van der Waals surface area contributed by atoms with Crippen molar-refractivity contribution in [3.05, 3.63) is 52.3 Å². The SMILES string of the molecule is CONS(=O)(=O)c1cc(-c2c(F)cc(F)c(F)c2F)c(F)cc1Cl. The summed E-state index contributed by atoms with van der Waals surface area (Å²) in [6.45, 7) is 0. The van der Waals surface area contributed by atoms with Gasteiger partial charge in [-0.05, 0) is 12.1 Å². The van der Waals surface area contributed by atoms with Gasteiger partial charge in [0.05, 0.1) is 17.7 Å². The Bertz CT molecular complexity index is 921. The second kappa shape index (κ2) is 6.63. The van der Waals surface area contributed by atoms with Gasteiger partial charge in [-0.1, -0.05) is 16.5 Å². The van der Waals surface area contributed by atoms with Gasteiger partial charge >= 0.3 is 0 Å². The van der Waals surface area contributed by atoms with Gasteiger partial charge in [-0.25, -0.2) is 30.4 Å². The maximum absolute atomic E-state index is 14.0. The maximum Gasteiger partial charge on any atom is 0.263 e. The predicted octanol–water partition coefficient (Wildman–Crippen LogP) is 3.54. The molecule has 0 aliphatic carbocycles. The number of benzene rings is 2. The van der Waals surface area contributed by atoms with Gasteiger partial charge in [-0.3, -0.25) is 4.84 Å². The fourth-order valence-corrected chi connectivity index (χ4v) is 3.25. The first-order chi connectivity index (χ1) is 11.1. The summed E-state index contributed by atoms with van der Waals surface area (Å²) in [5.74, 6) is -8.86. The Morgan fingerprint density at radius 1 is 0.958 bits per heavy atom. The van der Waals surface area contributed by atoms with E-state index in [-0.39, 0.29) is 6.07 Å². The summed E-state index contributed by atoms with van der Waals surface area (Å²) in [5, 5.41) is -0.621. The van der Waals surface area contributed by atoms with Gasteiger partial charge in [0.1, 0.15) is 16.5 Å². The topological polar surface area (TPSA) is 55.4 Å². The highest BCUT2D eigenvalue weighted by molar-refractivity contribution is 7.89. The van der Waals surface area contributed by atoms with Gasteiger partial charge in [0.15, 0.2) is 17.5 Å². The second-order valence-electron chi connectivity index (χ2n) is 4.40. The predicted molar refractivity (Wildman–Crippen MR) is 74.0 cm³/mol. The summed E-state index contributed by atoms with van der Waals surface area (Å²) in [6.07, 6.45) is 0. The van der Waals surface area contributed by atoms with Crippen molar-refractivity contribution in [1.82, 2.24) is 4.89 Å². The largest absolute Gasteiger partial charge is 0.290 e. The van der Waals surface area contributed by atoms with Crippen LogP contribution in [-0.2, 0) is 14.9 Å². The molecule has 0 unspecified atom stereocenters. The smallest absolute Gasteiger partial charge is 0.263 e. The van der Waals surface area contributed by atoms with Gasteiger partial charge in [-0.15, -0.1) is 0 Å². The van der Waals surface area contributed by atoms with Crippen molar-refractivity contribution < 1.29 is 35.2 Å². The molecule has 0 aliphatic rings. The maximum atomic E-state index is 14.0. The molecule has 0 spiro atoms. The molecule has 0 radical (unpaired) electrons. The van der Waals surface area contributed by atoms with Crippen molar-refractivity contribution in [3.8, 4) is 11.1 Å². The minimum absolute atomic E-state index is 0.00334. The number of nitrogens with one attached hydrogen (secondary N) is 1. The molecule has 130 valence electrons. The summed E-state index contributed by atoms with van der Waals surface area (Å²) in [5.41, 5.74) is -2.25. The molecule has 0 fully saturated rings. The third-order valence-corrected chi connectivity index (χ3v) is 4.62. The summed E-state index contributed by atoms with van der Waals surface area (Å²) in [6, 6.07) is 0.933. The van der Waals surface area contributed by atoms with Crippen LogP contribution < -0.4 is 4.89 Å². The fourth-order valence-electron chi connectivity index (χ4n) is 1.89. The highest BCUT2D eigenvalue weighted by Gasteiger charge is 2.26. The number of halogens is 6. The molecule has 0 saturated carbocycles. The third kappa shape index (κ3) is 3.22. The van der Waals surface area contributed by atoms with Crippen molar-refractivity contribution in [2.45, 2.75) is 4.90 Å². The molecule has 1 N–H and O–H groups in total. The second-order valence-corrected chi connectivity index (χ2v) is 6.42. The third-order valence-electron chi connectivity index (χ3n) is 2.89. The van der Waals surface area contributed by atoms with Crippen LogP contribution in [0.25, 0.3) is 11.1 Å². The summed E-state index contributed by atoms with van der Waals surface area (Å²) in [7, 11) is -3.45. The van der Waals surface area contributed by atoms with Crippen LogP contribution in [0.2, 0.25) is 5.02 Å². The van der Waals surface area contributed by atoms with E-state index in [1.807, 2.05) is 0 Å². The van der Waals surface area contributed by atoms with Gasteiger partial charge in [0.25, 0.3) is 10.0 Å². The standard InChI is InChI=1S/C13H7ClF5NO3S/c1-23-20-24(21,22)10-2-5(7(15)3-6(10)14)11-8(16)4-9(17)12(18)13(11)19/h2-4,20H,1H3. The normalized spacial score (nSPS) is 11.8. The first kappa shape index (κ1) is 18.6. The first-order valence-electron chi connectivity index (χ1n) is 5.97. The monoisotopic (exact) mass is 387 g/mol. The zero-order chi connectivity index (χ0) is 18.2. The van der Waals surface area contributed by atoms with Crippen LogP contribution in [0.4, 0.5) is 22.0 Å². The Labute approximate surface area is 137 Å². The van der Waals surface area contributed by atoms with E-state index in [0.717, 1.165) is 7.11 Å². The molecule has 4 nitrogen and oxygen atoms in total. The van der Waals surface area contributed by atoms with E-state index in [0.29, 0.717) is 12.1 Å². The average molecular weight is 388 g/mol. The van der Waals surface area contributed by atoms with Crippen LogP contribution in [0.15, 0.2) is 23.1 Å². The molecule has 2 aromatic rings. The Hall–Kier alpha value is -1.75. The molecule has 0 saturated heterocycles. The Kier molecular flexibility index (Phi) is 5.14. The lowest BCUT2D eigenvalue weighted by molar-refractivity contribution is 0.153. The van der Waals surface area contributed by atoms with Crippen LogP contribution in [0.1, 0.15) is 0 Å². The average Bonchev–Trinajstić information content (AvgIpc) is 2.46. The fraction of sp³-hybridized carbons (Fsp3) is 0.0769. The summed E-state index contributed by atoms with van der Waals surface area (Å²) in [4.78, 5) is 5.01. The molecule has 2 aromatic carbocycles. The minimum Gasteiger partial charge on any atom is -0.290 e. The number of sulfonamides is 1. The Morgan fingerprint density at radius 3 is 2.17 bits per heavy atom. The Balaban J connectivity index is 2.81. The molecule has 0 aromatic heterocycles. The van der Waals surface area contributed by atoms with E-state index in [4.69, 9.17) is 11.6 Å². The lowest BCUT2D eigenvalue weighted by atomic mass is 10.0.